The molecule has 0 fully saturated rings. The fourth-order valence-electron chi connectivity index (χ4n) is 0.774. The molecule has 0 bridgehead atoms. The third kappa shape index (κ3) is 3.15. The van der Waals surface area contributed by atoms with Crippen molar-refractivity contribution in [1.29, 1.82) is 0 Å². The van der Waals surface area contributed by atoms with E-state index >= 15 is 0 Å². The van der Waals surface area contributed by atoms with Crippen LogP contribution in [0, 0.1) is 5.82 Å². The summed E-state index contributed by atoms with van der Waals surface area (Å²) in [7, 11) is 0. The molecule has 1 aromatic rings. The molecule has 0 aromatic heterocycles. The van der Waals surface area contributed by atoms with Crippen LogP contribution in [-0.4, -0.2) is 4.45 Å². The van der Waals surface area contributed by atoms with E-state index in [0.717, 1.165) is 5.56 Å². The molecule has 64 valence electrons. The molecular formula is C8H7ClFNS. The van der Waals surface area contributed by atoms with Crippen LogP contribution in [0.3, 0.4) is 0 Å². The average Bonchev–Trinajstić information content (AvgIpc) is 2.03. The number of rotatable bonds is 2. The maximum Gasteiger partial charge on any atom is 0.167 e. The lowest BCUT2D eigenvalue weighted by Crippen LogP contribution is -2.14. The highest BCUT2D eigenvalue weighted by atomic mass is 35.5. The third-order valence-corrected chi connectivity index (χ3v) is 1.62. The van der Waals surface area contributed by atoms with E-state index in [0.29, 0.717) is 6.54 Å². The molecule has 0 radical (unpaired) electrons. The molecule has 0 saturated carbocycles. The van der Waals surface area contributed by atoms with Gasteiger partial charge in [0.2, 0.25) is 0 Å². The van der Waals surface area contributed by atoms with Crippen molar-refractivity contribution < 1.29 is 4.39 Å². The first-order valence-corrected chi connectivity index (χ1v) is 4.15. The fourth-order valence-corrected chi connectivity index (χ4v) is 0.913. The lowest BCUT2D eigenvalue weighted by Gasteiger charge is -2.01. The molecule has 0 heterocycles. The summed E-state index contributed by atoms with van der Waals surface area (Å²) in [5, 5.41) is 2.76. The van der Waals surface area contributed by atoms with E-state index in [2.05, 4.69) is 17.5 Å². The number of thiocarbonyl (C=S) groups is 1. The second-order valence-corrected chi connectivity index (χ2v) is 3.26. The van der Waals surface area contributed by atoms with E-state index in [1.165, 1.54) is 12.1 Å². The zero-order valence-electron chi connectivity index (χ0n) is 6.18. The highest BCUT2D eigenvalue weighted by molar-refractivity contribution is 7.83. The van der Waals surface area contributed by atoms with Gasteiger partial charge in [-0.25, -0.2) is 4.39 Å². The molecule has 1 rings (SSSR count). The van der Waals surface area contributed by atoms with Gasteiger partial charge in [-0.3, -0.25) is 0 Å². The Balaban J connectivity index is 2.53. The molecule has 0 atom stereocenters. The predicted molar refractivity (Wildman–Crippen MR) is 51.7 cm³/mol. The molecule has 0 amide bonds. The molecule has 4 heteroatoms. The number of nitrogens with one attached hydrogen (secondary N) is 1. The zero-order chi connectivity index (χ0) is 8.97. The molecule has 0 aliphatic heterocycles. The molecule has 0 saturated heterocycles. The van der Waals surface area contributed by atoms with Crippen molar-refractivity contribution in [2.75, 3.05) is 0 Å². The number of hydrogen-bond donors (Lipinski definition) is 1. The Labute approximate surface area is 80.5 Å². The van der Waals surface area contributed by atoms with Gasteiger partial charge in [-0.2, -0.15) is 0 Å². The molecule has 1 nitrogen and oxygen atoms in total. The Morgan fingerprint density at radius 1 is 1.42 bits per heavy atom. The number of halogens is 2. The van der Waals surface area contributed by atoms with Crippen LogP contribution in [0.1, 0.15) is 5.56 Å². The summed E-state index contributed by atoms with van der Waals surface area (Å²) in [5.74, 6) is -0.243. The molecule has 1 N–H and O–H groups in total. The zero-order valence-corrected chi connectivity index (χ0v) is 7.75. The Morgan fingerprint density at radius 2 is 2.00 bits per heavy atom. The second-order valence-electron chi connectivity index (χ2n) is 2.25. The third-order valence-electron chi connectivity index (χ3n) is 1.34. The van der Waals surface area contributed by atoms with Crippen molar-refractivity contribution in [3.8, 4) is 0 Å². The number of benzene rings is 1. The van der Waals surface area contributed by atoms with Crippen LogP contribution in [0.25, 0.3) is 0 Å². The van der Waals surface area contributed by atoms with Crippen LogP contribution in [-0.2, 0) is 6.54 Å². The minimum atomic E-state index is -0.243. The lowest BCUT2D eigenvalue weighted by molar-refractivity contribution is 0.627. The first-order valence-electron chi connectivity index (χ1n) is 3.36. The van der Waals surface area contributed by atoms with Gasteiger partial charge in [0, 0.05) is 6.54 Å². The minimum absolute atomic E-state index is 0.222. The van der Waals surface area contributed by atoms with Crippen LogP contribution in [0.15, 0.2) is 24.3 Å². The Morgan fingerprint density at radius 3 is 2.50 bits per heavy atom. The monoisotopic (exact) mass is 203 g/mol. The van der Waals surface area contributed by atoms with Crippen LogP contribution >= 0.6 is 23.8 Å². The molecule has 1 aromatic carbocycles. The maximum absolute atomic E-state index is 12.4. The van der Waals surface area contributed by atoms with E-state index in [9.17, 15) is 4.39 Å². The topological polar surface area (TPSA) is 12.0 Å². The molecule has 12 heavy (non-hydrogen) atoms. The summed E-state index contributed by atoms with van der Waals surface area (Å²) in [6, 6.07) is 6.15. The highest BCUT2D eigenvalue weighted by Crippen LogP contribution is 2.02. The van der Waals surface area contributed by atoms with Gasteiger partial charge in [0.1, 0.15) is 5.82 Å². The summed E-state index contributed by atoms with van der Waals surface area (Å²) in [6.07, 6.45) is 0. The molecule has 0 spiro atoms. The van der Waals surface area contributed by atoms with Gasteiger partial charge in [-0.05, 0) is 29.9 Å². The van der Waals surface area contributed by atoms with Gasteiger partial charge < -0.3 is 5.32 Å². The molecule has 0 aliphatic rings. The van der Waals surface area contributed by atoms with Gasteiger partial charge in [-0.1, -0.05) is 23.7 Å². The first-order chi connectivity index (χ1) is 5.68. The van der Waals surface area contributed by atoms with Crippen LogP contribution in [0.2, 0.25) is 0 Å². The van der Waals surface area contributed by atoms with Gasteiger partial charge in [0.05, 0.1) is 0 Å². The van der Waals surface area contributed by atoms with Crippen molar-refractivity contribution in [2.45, 2.75) is 6.54 Å². The molecular weight excluding hydrogens is 197 g/mol. The van der Waals surface area contributed by atoms with Gasteiger partial charge in [-0.15, -0.1) is 0 Å². The van der Waals surface area contributed by atoms with Gasteiger partial charge >= 0.3 is 0 Å². The summed E-state index contributed by atoms with van der Waals surface area (Å²) >= 11 is 10.0. The van der Waals surface area contributed by atoms with Crippen molar-refractivity contribution in [3.05, 3.63) is 35.6 Å². The van der Waals surface area contributed by atoms with Gasteiger partial charge in [0.15, 0.2) is 4.45 Å². The Kier molecular flexibility index (Phi) is 3.44. The van der Waals surface area contributed by atoms with Crippen LogP contribution < -0.4 is 5.32 Å². The smallest absolute Gasteiger partial charge is 0.167 e. The van der Waals surface area contributed by atoms with E-state index in [-0.39, 0.29) is 10.3 Å². The summed E-state index contributed by atoms with van der Waals surface area (Å²) in [6.45, 7) is 0.530. The molecule has 0 unspecified atom stereocenters. The largest absolute Gasteiger partial charge is 0.363 e. The Bertz CT molecular complexity index is 273. The van der Waals surface area contributed by atoms with E-state index in [1.807, 2.05) is 0 Å². The molecule has 0 aliphatic carbocycles. The minimum Gasteiger partial charge on any atom is -0.363 e. The van der Waals surface area contributed by atoms with Crippen molar-refractivity contribution in [3.63, 3.8) is 0 Å². The summed E-state index contributed by atoms with van der Waals surface area (Å²) in [5.41, 5.74) is 0.944. The summed E-state index contributed by atoms with van der Waals surface area (Å²) in [4.78, 5) is 0. The second kappa shape index (κ2) is 4.38. The maximum atomic E-state index is 12.4. The van der Waals surface area contributed by atoms with Crippen molar-refractivity contribution in [1.82, 2.24) is 5.32 Å². The van der Waals surface area contributed by atoms with Gasteiger partial charge in [0.25, 0.3) is 0 Å². The first kappa shape index (κ1) is 9.42. The highest BCUT2D eigenvalue weighted by Gasteiger charge is 1.93. The number of hydrogen-bond acceptors (Lipinski definition) is 1. The summed E-state index contributed by atoms with van der Waals surface area (Å²) < 4.78 is 12.6. The van der Waals surface area contributed by atoms with Crippen LogP contribution in [0.5, 0.6) is 0 Å². The lowest BCUT2D eigenvalue weighted by atomic mass is 10.2. The standard InChI is InChI=1S/C8H7ClFNS/c9-8(12)11-5-6-1-3-7(10)4-2-6/h1-4H,5H2,(H,11,12). The van der Waals surface area contributed by atoms with E-state index in [4.69, 9.17) is 11.6 Å². The predicted octanol–water partition coefficient (Wildman–Crippen LogP) is 2.44. The SMILES string of the molecule is Fc1ccc(CNC(=S)Cl)cc1. The normalized spacial score (nSPS) is 9.50. The van der Waals surface area contributed by atoms with Crippen molar-refractivity contribution >= 4 is 28.3 Å². The van der Waals surface area contributed by atoms with Crippen LogP contribution in [0.4, 0.5) is 4.39 Å². The van der Waals surface area contributed by atoms with Crippen molar-refractivity contribution in [2.24, 2.45) is 0 Å². The van der Waals surface area contributed by atoms with E-state index < -0.39 is 0 Å². The Hall–Kier alpha value is -0.670. The fraction of sp³-hybridized carbons (Fsp3) is 0.125. The average molecular weight is 204 g/mol. The quantitative estimate of drug-likeness (QED) is 0.450. The van der Waals surface area contributed by atoms with E-state index in [1.54, 1.807) is 12.1 Å².